The second-order valence-corrected chi connectivity index (χ2v) is 4.85. The number of hydrogen-bond donors (Lipinski definition) is 1. The molecule has 0 bridgehead atoms. The highest BCUT2D eigenvalue weighted by Gasteiger charge is 2.19. The van der Waals surface area contributed by atoms with Gasteiger partial charge in [-0.3, -0.25) is 4.79 Å². The van der Waals surface area contributed by atoms with Crippen LogP contribution in [0.4, 0.5) is 5.69 Å². The van der Waals surface area contributed by atoms with E-state index >= 15 is 0 Å². The summed E-state index contributed by atoms with van der Waals surface area (Å²) >= 11 is 3.61. The van der Waals surface area contributed by atoms with Gasteiger partial charge in [-0.15, -0.1) is 0 Å². The van der Waals surface area contributed by atoms with Crippen molar-refractivity contribution in [2.45, 2.75) is 11.4 Å². The molecule has 17 heavy (non-hydrogen) atoms. The second kappa shape index (κ2) is 4.00. The zero-order valence-corrected chi connectivity index (χ0v) is 10.5. The summed E-state index contributed by atoms with van der Waals surface area (Å²) in [4.78, 5) is 15.3. The summed E-state index contributed by atoms with van der Waals surface area (Å²) in [6, 6.07) is 6.00. The molecule has 5 heteroatoms. The Bertz CT molecular complexity index is 565. The lowest BCUT2D eigenvalue weighted by Gasteiger charge is -2.12. The van der Waals surface area contributed by atoms with Crippen LogP contribution in [0.5, 0.6) is 0 Å². The third-order valence-corrected chi connectivity index (χ3v) is 3.82. The van der Waals surface area contributed by atoms with E-state index in [1.165, 1.54) is 0 Å². The van der Waals surface area contributed by atoms with Gasteiger partial charge in [0.25, 0.3) is 0 Å². The smallest absolute Gasteiger partial charge is 0.228 e. The molecule has 0 saturated carbocycles. The molecule has 1 aliphatic rings. The summed E-state index contributed by atoms with van der Waals surface area (Å²) in [6.45, 7) is 0. The molecule has 2 aromatic rings. The summed E-state index contributed by atoms with van der Waals surface area (Å²) < 4.78 is 1.96. The van der Waals surface area contributed by atoms with E-state index in [1.54, 1.807) is 12.5 Å². The first-order chi connectivity index (χ1) is 8.24. The summed E-state index contributed by atoms with van der Waals surface area (Å²) in [5, 5.41) is 2.82. The molecule has 1 aromatic carbocycles. The van der Waals surface area contributed by atoms with Crippen molar-refractivity contribution in [3.05, 3.63) is 48.0 Å². The monoisotopic (exact) mass is 291 g/mol. The van der Waals surface area contributed by atoms with Crippen LogP contribution >= 0.6 is 15.9 Å². The number of carbonyl (C=O) groups excluding carboxylic acids is 1. The first-order valence-corrected chi connectivity index (χ1v) is 6.20. The third-order valence-electron chi connectivity index (χ3n) is 2.82. The molecule has 0 aliphatic carbocycles. The van der Waals surface area contributed by atoms with Crippen molar-refractivity contribution in [3.8, 4) is 0 Å². The summed E-state index contributed by atoms with van der Waals surface area (Å²) in [6.07, 6.45) is 5.87. The predicted molar refractivity (Wildman–Crippen MR) is 68.1 cm³/mol. The minimum atomic E-state index is 0.0472. The maximum absolute atomic E-state index is 11.3. The van der Waals surface area contributed by atoms with Crippen LogP contribution in [-0.2, 0) is 11.2 Å². The van der Waals surface area contributed by atoms with Gasteiger partial charge in [-0.05, 0) is 17.2 Å². The van der Waals surface area contributed by atoms with Crippen LogP contribution in [0, 0.1) is 0 Å². The number of hydrogen-bond acceptors (Lipinski definition) is 2. The Labute approximate surface area is 107 Å². The molecule has 0 radical (unpaired) electrons. The van der Waals surface area contributed by atoms with Gasteiger partial charge in [-0.2, -0.15) is 0 Å². The van der Waals surface area contributed by atoms with E-state index in [4.69, 9.17) is 0 Å². The van der Waals surface area contributed by atoms with Gasteiger partial charge in [0.1, 0.15) is 4.95 Å². The van der Waals surface area contributed by atoms with Crippen molar-refractivity contribution in [2.24, 2.45) is 0 Å². The number of anilines is 1. The van der Waals surface area contributed by atoms with Crippen molar-refractivity contribution in [2.75, 3.05) is 5.32 Å². The highest BCUT2D eigenvalue weighted by molar-refractivity contribution is 9.09. The maximum atomic E-state index is 11.3. The van der Waals surface area contributed by atoms with E-state index in [0.717, 1.165) is 16.8 Å². The number of alkyl halides is 1. The minimum Gasteiger partial charge on any atom is -0.326 e. The van der Waals surface area contributed by atoms with E-state index in [1.807, 2.05) is 29.0 Å². The van der Waals surface area contributed by atoms with Crippen molar-refractivity contribution in [1.82, 2.24) is 9.55 Å². The Balaban J connectivity index is 1.95. The average Bonchev–Trinajstić information content (AvgIpc) is 2.94. The topological polar surface area (TPSA) is 46.9 Å². The van der Waals surface area contributed by atoms with Crippen molar-refractivity contribution >= 4 is 27.5 Å². The zero-order chi connectivity index (χ0) is 11.8. The van der Waals surface area contributed by atoms with Gasteiger partial charge in [-0.1, -0.05) is 28.1 Å². The van der Waals surface area contributed by atoms with Crippen LogP contribution in [0.3, 0.4) is 0 Å². The van der Waals surface area contributed by atoms with Crippen LogP contribution in [0.2, 0.25) is 0 Å². The number of aromatic nitrogens is 2. The highest BCUT2D eigenvalue weighted by Crippen LogP contribution is 2.30. The SMILES string of the molecule is O=C1Cc2cc(C(Br)n3ccnc3)ccc2N1. The first-order valence-electron chi connectivity index (χ1n) is 5.28. The Morgan fingerprint density at radius 2 is 2.35 bits per heavy atom. The fraction of sp³-hybridized carbons (Fsp3) is 0.167. The number of rotatable bonds is 2. The third kappa shape index (κ3) is 1.86. The molecule has 86 valence electrons. The number of benzene rings is 1. The van der Waals surface area contributed by atoms with Gasteiger partial charge in [-0.25, -0.2) is 4.98 Å². The van der Waals surface area contributed by atoms with Gasteiger partial charge in [0.2, 0.25) is 5.91 Å². The van der Waals surface area contributed by atoms with E-state index in [0.29, 0.717) is 6.42 Å². The molecule has 1 unspecified atom stereocenters. The van der Waals surface area contributed by atoms with Gasteiger partial charge in [0.15, 0.2) is 0 Å². The molecule has 1 aromatic heterocycles. The number of imidazole rings is 1. The summed E-state index contributed by atoms with van der Waals surface area (Å²) in [5.41, 5.74) is 3.08. The molecule has 3 rings (SSSR count). The van der Waals surface area contributed by atoms with Crippen LogP contribution in [-0.4, -0.2) is 15.5 Å². The number of halogens is 1. The van der Waals surface area contributed by atoms with Crippen LogP contribution in [0.15, 0.2) is 36.9 Å². The van der Waals surface area contributed by atoms with Gasteiger partial charge >= 0.3 is 0 Å². The standard InChI is InChI=1S/C12H10BrN3O/c13-12(16-4-3-14-7-16)8-1-2-10-9(5-8)6-11(17)15-10/h1-5,7,12H,6H2,(H,15,17). The fourth-order valence-corrected chi connectivity index (χ4v) is 2.50. The van der Waals surface area contributed by atoms with Crippen LogP contribution < -0.4 is 5.32 Å². The summed E-state index contributed by atoms with van der Waals surface area (Å²) in [5.74, 6) is 0.0610. The van der Waals surface area contributed by atoms with E-state index in [-0.39, 0.29) is 10.9 Å². The molecule has 1 atom stereocenters. The second-order valence-electron chi connectivity index (χ2n) is 3.99. The molecular weight excluding hydrogens is 282 g/mol. The number of nitrogens with zero attached hydrogens (tertiary/aromatic N) is 2. The van der Waals surface area contributed by atoms with E-state index in [2.05, 4.69) is 26.2 Å². The number of amides is 1. The average molecular weight is 292 g/mol. The molecule has 1 amide bonds. The largest absolute Gasteiger partial charge is 0.326 e. The predicted octanol–water partition coefficient (Wildman–Crippen LogP) is 2.32. The number of fused-ring (bicyclic) bond motifs is 1. The van der Waals surface area contributed by atoms with Crippen molar-refractivity contribution in [1.29, 1.82) is 0 Å². The highest BCUT2D eigenvalue weighted by atomic mass is 79.9. The molecular formula is C12H10BrN3O. The molecule has 1 N–H and O–H groups in total. The Morgan fingerprint density at radius 3 is 3.12 bits per heavy atom. The molecule has 4 nitrogen and oxygen atoms in total. The Morgan fingerprint density at radius 1 is 1.47 bits per heavy atom. The van der Waals surface area contributed by atoms with Crippen LogP contribution in [0.1, 0.15) is 16.1 Å². The fourth-order valence-electron chi connectivity index (χ4n) is 1.97. The van der Waals surface area contributed by atoms with Gasteiger partial charge in [0.05, 0.1) is 12.7 Å². The van der Waals surface area contributed by atoms with E-state index < -0.39 is 0 Å². The summed E-state index contributed by atoms with van der Waals surface area (Å²) in [7, 11) is 0. The maximum Gasteiger partial charge on any atom is 0.228 e. The normalized spacial score (nSPS) is 15.5. The molecule has 0 fully saturated rings. The number of nitrogens with one attached hydrogen (secondary N) is 1. The lowest BCUT2D eigenvalue weighted by Crippen LogP contribution is -2.03. The van der Waals surface area contributed by atoms with Gasteiger partial charge < -0.3 is 9.88 Å². The molecule has 2 heterocycles. The number of carbonyl (C=O) groups is 1. The van der Waals surface area contributed by atoms with Crippen molar-refractivity contribution < 1.29 is 4.79 Å². The molecule has 1 aliphatic heterocycles. The van der Waals surface area contributed by atoms with Crippen LogP contribution in [0.25, 0.3) is 0 Å². The van der Waals surface area contributed by atoms with E-state index in [9.17, 15) is 4.79 Å². The minimum absolute atomic E-state index is 0.0472. The Kier molecular flexibility index (Phi) is 2.48. The lowest BCUT2D eigenvalue weighted by atomic mass is 10.1. The molecule has 0 saturated heterocycles. The Hall–Kier alpha value is -1.62. The first kappa shape index (κ1) is 10.5. The van der Waals surface area contributed by atoms with Crippen molar-refractivity contribution in [3.63, 3.8) is 0 Å². The molecule has 0 spiro atoms. The quantitative estimate of drug-likeness (QED) is 0.863. The zero-order valence-electron chi connectivity index (χ0n) is 8.93. The lowest BCUT2D eigenvalue weighted by molar-refractivity contribution is -0.115. The van der Waals surface area contributed by atoms with Gasteiger partial charge in [0, 0.05) is 18.1 Å².